The summed E-state index contributed by atoms with van der Waals surface area (Å²) < 4.78 is 0.990. The van der Waals surface area contributed by atoms with Crippen LogP contribution in [0.3, 0.4) is 0 Å². The Labute approximate surface area is 175 Å². The zero-order valence-electron chi connectivity index (χ0n) is 17.0. The van der Waals surface area contributed by atoms with Crippen molar-refractivity contribution in [2.75, 3.05) is 25.5 Å². The molecule has 0 aliphatic carbocycles. The maximum absolute atomic E-state index is 6.28. The fourth-order valence-electron chi connectivity index (χ4n) is 4.16. The molecule has 0 radical (unpaired) electrons. The standard InChI is InChI=1S/C21H26ClN5S/c1-13-17(10-11-26(4)21(13,2)3)27(5)18-9-8-16(24-25-18)14-6-7-15(22)20-19(14)23-12-28-20/h6-9,12-13,17H,10-11H2,1-5H3. The number of rotatable bonds is 3. The summed E-state index contributed by atoms with van der Waals surface area (Å²) in [5, 5.41) is 9.80. The number of anilines is 1. The topological polar surface area (TPSA) is 45.2 Å². The average Bonchev–Trinajstić information content (AvgIpc) is 3.18. The number of aromatic nitrogens is 3. The van der Waals surface area contributed by atoms with E-state index in [1.54, 1.807) is 11.3 Å². The monoisotopic (exact) mass is 415 g/mol. The van der Waals surface area contributed by atoms with E-state index in [-0.39, 0.29) is 5.54 Å². The lowest BCUT2D eigenvalue weighted by Gasteiger charge is -2.51. The van der Waals surface area contributed by atoms with E-state index in [2.05, 4.69) is 65.9 Å². The minimum absolute atomic E-state index is 0.157. The van der Waals surface area contributed by atoms with Crippen molar-refractivity contribution in [1.82, 2.24) is 20.1 Å². The predicted molar refractivity (Wildman–Crippen MR) is 118 cm³/mol. The third kappa shape index (κ3) is 3.17. The van der Waals surface area contributed by atoms with Gasteiger partial charge in [-0.25, -0.2) is 4.98 Å². The Kier molecular flexibility index (Phi) is 5.06. The van der Waals surface area contributed by atoms with Gasteiger partial charge in [0.25, 0.3) is 0 Å². The molecule has 5 nitrogen and oxygen atoms in total. The highest BCUT2D eigenvalue weighted by atomic mass is 35.5. The molecule has 2 unspecified atom stereocenters. The molecule has 148 valence electrons. The average molecular weight is 416 g/mol. The smallest absolute Gasteiger partial charge is 0.151 e. The SMILES string of the molecule is CC1C(N(C)c2ccc(-c3ccc(Cl)c4scnc34)nn2)CCN(C)C1(C)C. The normalized spacial score (nSPS) is 22.5. The van der Waals surface area contributed by atoms with Crippen LogP contribution in [0.5, 0.6) is 0 Å². The zero-order chi connectivity index (χ0) is 20.1. The third-order valence-electron chi connectivity index (χ3n) is 6.66. The van der Waals surface area contributed by atoms with Gasteiger partial charge in [-0.2, -0.15) is 0 Å². The Morgan fingerprint density at radius 2 is 2.00 bits per heavy atom. The van der Waals surface area contributed by atoms with Crippen molar-refractivity contribution in [1.29, 1.82) is 0 Å². The molecule has 1 aliphatic heterocycles. The molecule has 28 heavy (non-hydrogen) atoms. The van der Waals surface area contributed by atoms with Crippen molar-refractivity contribution in [3.63, 3.8) is 0 Å². The van der Waals surface area contributed by atoms with Crippen LogP contribution in [0.25, 0.3) is 21.5 Å². The van der Waals surface area contributed by atoms with Gasteiger partial charge in [0.1, 0.15) is 0 Å². The number of likely N-dealkylation sites (tertiary alicyclic amines) is 1. The van der Waals surface area contributed by atoms with Crippen molar-refractivity contribution in [2.24, 2.45) is 5.92 Å². The molecule has 1 saturated heterocycles. The van der Waals surface area contributed by atoms with Crippen molar-refractivity contribution in [3.8, 4) is 11.3 Å². The quantitative estimate of drug-likeness (QED) is 0.604. The molecule has 0 spiro atoms. The number of halogens is 1. The van der Waals surface area contributed by atoms with Crippen molar-refractivity contribution in [2.45, 2.75) is 38.8 Å². The lowest BCUT2D eigenvalue weighted by atomic mass is 9.77. The molecule has 0 N–H and O–H groups in total. The zero-order valence-corrected chi connectivity index (χ0v) is 18.6. The minimum atomic E-state index is 0.157. The van der Waals surface area contributed by atoms with Crippen LogP contribution in [0.4, 0.5) is 5.82 Å². The Hall–Kier alpha value is -1.76. The van der Waals surface area contributed by atoms with Crippen LogP contribution in [0.1, 0.15) is 27.2 Å². The number of hydrogen-bond donors (Lipinski definition) is 0. The number of hydrogen-bond acceptors (Lipinski definition) is 6. The van der Waals surface area contributed by atoms with Gasteiger partial charge in [-0.05, 0) is 57.5 Å². The molecule has 4 rings (SSSR count). The minimum Gasteiger partial charge on any atom is -0.355 e. The largest absolute Gasteiger partial charge is 0.355 e. The highest BCUT2D eigenvalue weighted by Crippen LogP contribution is 2.36. The van der Waals surface area contributed by atoms with Crippen LogP contribution < -0.4 is 4.90 Å². The summed E-state index contributed by atoms with van der Waals surface area (Å²) in [6, 6.07) is 8.41. The summed E-state index contributed by atoms with van der Waals surface area (Å²) in [5.74, 6) is 1.42. The van der Waals surface area contributed by atoms with Gasteiger partial charge in [-0.3, -0.25) is 0 Å². The van der Waals surface area contributed by atoms with Crippen LogP contribution in [0, 0.1) is 5.92 Å². The number of nitrogens with zero attached hydrogens (tertiary/aromatic N) is 5. The summed E-state index contributed by atoms with van der Waals surface area (Å²) in [7, 11) is 4.35. The van der Waals surface area contributed by atoms with Gasteiger partial charge < -0.3 is 9.80 Å². The Morgan fingerprint density at radius 1 is 1.21 bits per heavy atom. The fraction of sp³-hybridized carbons (Fsp3) is 0.476. The molecule has 0 bridgehead atoms. The highest BCUT2D eigenvalue weighted by molar-refractivity contribution is 7.17. The number of piperidine rings is 1. The first-order valence-corrected chi connectivity index (χ1v) is 10.9. The molecular weight excluding hydrogens is 390 g/mol. The van der Waals surface area contributed by atoms with Gasteiger partial charge in [0.15, 0.2) is 5.82 Å². The highest BCUT2D eigenvalue weighted by Gasteiger charge is 2.41. The second-order valence-corrected chi connectivity index (χ2v) is 9.49. The molecule has 3 heterocycles. The molecule has 1 aliphatic rings. The second-order valence-electron chi connectivity index (χ2n) is 8.23. The Morgan fingerprint density at radius 3 is 2.71 bits per heavy atom. The van der Waals surface area contributed by atoms with E-state index in [1.165, 1.54) is 0 Å². The van der Waals surface area contributed by atoms with Crippen LogP contribution in [-0.2, 0) is 0 Å². The molecule has 1 fully saturated rings. The van der Waals surface area contributed by atoms with Gasteiger partial charge in [0, 0.05) is 30.7 Å². The summed E-state index contributed by atoms with van der Waals surface area (Å²) in [6.07, 6.45) is 1.12. The molecule has 3 aromatic rings. The number of benzene rings is 1. The van der Waals surface area contributed by atoms with E-state index in [1.807, 2.05) is 23.7 Å². The third-order valence-corrected chi connectivity index (χ3v) is 7.94. The lowest BCUT2D eigenvalue weighted by molar-refractivity contribution is 0.0391. The van der Waals surface area contributed by atoms with Crippen LogP contribution in [0.2, 0.25) is 5.02 Å². The van der Waals surface area contributed by atoms with Gasteiger partial charge >= 0.3 is 0 Å². The van der Waals surface area contributed by atoms with E-state index in [0.717, 1.165) is 45.3 Å². The van der Waals surface area contributed by atoms with Crippen molar-refractivity contribution >= 4 is 39.0 Å². The summed E-state index contributed by atoms with van der Waals surface area (Å²) in [5.41, 5.74) is 4.65. The lowest BCUT2D eigenvalue weighted by Crippen LogP contribution is -2.59. The maximum Gasteiger partial charge on any atom is 0.151 e. The van der Waals surface area contributed by atoms with E-state index in [9.17, 15) is 0 Å². The van der Waals surface area contributed by atoms with Crippen LogP contribution in [0.15, 0.2) is 29.8 Å². The van der Waals surface area contributed by atoms with E-state index < -0.39 is 0 Å². The molecule has 7 heteroatoms. The predicted octanol–water partition coefficient (Wildman–Crippen LogP) is 4.96. The van der Waals surface area contributed by atoms with Gasteiger partial charge in [0.05, 0.1) is 26.4 Å². The number of fused-ring (bicyclic) bond motifs is 1. The van der Waals surface area contributed by atoms with Crippen LogP contribution >= 0.6 is 22.9 Å². The first-order chi connectivity index (χ1) is 13.3. The maximum atomic E-state index is 6.28. The summed E-state index contributed by atoms with van der Waals surface area (Å²) in [6.45, 7) is 8.08. The summed E-state index contributed by atoms with van der Waals surface area (Å²) >= 11 is 7.83. The van der Waals surface area contributed by atoms with Crippen molar-refractivity contribution < 1.29 is 0 Å². The van der Waals surface area contributed by atoms with Gasteiger partial charge in [-0.1, -0.05) is 18.5 Å². The Bertz CT molecular complexity index is 984. The first-order valence-electron chi connectivity index (χ1n) is 9.60. The molecule has 2 atom stereocenters. The second kappa shape index (κ2) is 7.25. The molecule has 2 aromatic heterocycles. The van der Waals surface area contributed by atoms with E-state index in [4.69, 9.17) is 11.6 Å². The summed E-state index contributed by atoms with van der Waals surface area (Å²) in [4.78, 5) is 9.21. The van der Waals surface area contributed by atoms with Gasteiger partial charge in [0.2, 0.25) is 0 Å². The molecule has 0 saturated carbocycles. The molecular formula is C21H26ClN5S. The molecule has 1 aromatic carbocycles. The first kappa shape index (κ1) is 19.6. The van der Waals surface area contributed by atoms with Crippen molar-refractivity contribution in [3.05, 3.63) is 34.8 Å². The number of thiazole rings is 1. The van der Waals surface area contributed by atoms with E-state index in [0.29, 0.717) is 12.0 Å². The van der Waals surface area contributed by atoms with E-state index >= 15 is 0 Å². The van der Waals surface area contributed by atoms with Crippen LogP contribution in [-0.4, -0.2) is 52.3 Å². The Balaban J connectivity index is 1.61. The van der Waals surface area contributed by atoms with Gasteiger partial charge in [-0.15, -0.1) is 21.5 Å². The fourth-order valence-corrected chi connectivity index (χ4v) is 5.17. The molecule has 0 amide bonds.